The summed E-state index contributed by atoms with van der Waals surface area (Å²) in [5, 5.41) is 8.68. The van der Waals surface area contributed by atoms with E-state index in [1.54, 1.807) is 13.8 Å². The van der Waals surface area contributed by atoms with E-state index >= 15 is 0 Å². The number of benzene rings is 1. The summed E-state index contributed by atoms with van der Waals surface area (Å²) in [4.78, 5) is 16.0. The molecular weight excluding hydrogens is 245 g/mol. The lowest BCUT2D eigenvalue weighted by Crippen LogP contribution is -2.24. The zero-order valence-electron chi connectivity index (χ0n) is 10.6. The summed E-state index contributed by atoms with van der Waals surface area (Å²) < 4.78 is 15.2. The average Bonchev–Trinajstić information content (AvgIpc) is 2.35. The first kappa shape index (κ1) is 13.0. The monoisotopic (exact) mass is 257 g/mol. The first-order valence-electron chi connectivity index (χ1n) is 5.75. The van der Waals surface area contributed by atoms with Crippen molar-refractivity contribution < 1.29 is 4.39 Å². The van der Waals surface area contributed by atoms with Crippen molar-refractivity contribution in [3.05, 3.63) is 63.1 Å². The molecule has 0 aliphatic heterocycles. The Bertz CT molecular complexity index is 728. The van der Waals surface area contributed by atoms with Gasteiger partial charge in [0.25, 0.3) is 5.56 Å². The van der Waals surface area contributed by atoms with Gasteiger partial charge in [0.2, 0.25) is 0 Å². The Balaban J connectivity index is 2.43. The van der Waals surface area contributed by atoms with Crippen molar-refractivity contribution in [2.45, 2.75) is 20.4 Å². The van der Waals surface area contributed by atoms with Crippen LogP contribution in [0.3, 0.4) is 0 Å². The minimum Gasteiger partial charge on any atom is -0.292 e. The second kappa shape index (κ2) is 5.02. The Hall–Kier alpha value is -2.48. The summed E-state index contributed by atoms with van der Waals surface area (Å²) in [6, 6.07) is 7.49. The smallest absolute Gasteiger partial charge is 0.254 e. The van der Waals surface area contributed by atoms with Crippen LogP contribution in [0.1, 0.15) is 22.6 Å². The highest BCUT2D eigenvalue weighted by molar-refractivity contribution is 5.33. The van der Waals surface area contributed by atoms with Crippen LogP contribution in [0.15, 0.2) is 29.1 Å². The largest absolute Gasteiger partial charge is 0.292 e. The molecule has 0 atom stereocenters. The summed E-state index contributed by atoms with van der Waals surface area (Å²) in [6.07, 6.45) is 0. The second-order valence-corrected chi connectivity index (χ2v) is 4.29. The molecule has 96 valence electrons. The summed E-state index contributed by atoms with van der Waals surface area (Å²) in [7, 11) is 0. The van der Waals surface area contributed by atoms with Crippen LogP contribution in [0.2, 0.25) is 0 Å². The fraction of sp³-hybridized carbons (Fsp3) is 0.214. The van der Waals surface area contributed by atoms with E-state index < -0.39 is 5.82 Å². The molecule has 0 N–H and O–H groups in total. The second-order valence-electron chi connectivity index (χ2n) is 4.29. The standard InChI is InChI=1S/C14H12FN3O/c1-9-5-14(19)18(10(2)17-9)8-12-4-3-11(7-16)6-13(12)15/h3-6H,8H2,1-2H3. The molecule has 5 heteroatoms. The van der Waals surface area contributed by atoms with Crippen LogP contribution >= 0.6 is 0 Å². The number of rotatable bonds is 2. The highest BCUT2D eigenvalue weighted by Gasteiger charge is 2.08. The van der Waals surface area contributed by atoms with E-state index in [4.69, 9.17) is 5.26 Å². The Morgan fingerprint density at radius 3 is 2.68 bits per heavy atom. The van der Waals surface area contributed by atoms with E-state index in [9.17, 15) is 9.18 Å². The third-order valence-electron chi connectivity index (χ3n) is 2.84. The SMILES string of the molecule is Cc1cc(=O)n(Cc2ccc(C#N)cc2F)c(C)n1. The van der Waals surface area contributed by atoms with E-state index in [0.717, 1.165) is 6.07 Å². The van der Waals surface area contributed by atoms with Gasteiger partial charge in [-0.15, -0.1) is 0 Å². The number of hydrogen-bond acceptors (Lipinski definition) is 3. The number of aryl methyl sites for hydroxylation is 2. The zero-order chi connectivity index (χ0) is 14.0. The highest BCUT2D eigenvalue weighted by Crippen LogP contribution is 2.11. The molecule has 0 bridgehead atoms. The van der Waals surface area contributed by atoms with Gasteiger partial charge in [0, 0.05) is 17.3 Å². The molecule has 0 fully saturated rings. The topological polar surface area (TPSA) is 58.7 Å². The number of nitriles is 1. The Kier molecular flexibility index (Phi) is 3.43. The number of hydrogen-bond donors (Lipinski definition) is 0. The van der Waals surface area contributed by atoms with E-state index in [2.05, 4.69) is 4.98 Å². The Morgan fingerprint density at radius 2 is 2.11 bits per heavy atom. The van der Waals surface area contributed by atoms with Gasteiger partial charge in [-0.25, -0.2) is 9.37 Å². The summed E-state index contributed by atoms with van der Waals surface area (Å²) in [5.41, 5.74) is 1.04. The van der Waals surface area contributed by atoms with Gasteiger partial charge >= 0.3 is 0 Å². The van der Waals surface area contributed by atoms with Crippen molar-refractivity contribution in [3.8, 4) is 6.07 Å². The van der Waals surface area contributed by atoms with Gasteiger partial charge in [0.1, 0.15) is 11.6 Å². The van der Waals surface area contributed by atoms with Crippen LogP contribution in [0.4, 0.5) is 4.39 Å². The van der Waals surface area contributed by atoms with Gasteiger partial charge in [-0.2, -0.15) is 5.26 Å². The van der Waals surface area contributed by atoms with Crippen LogP contribution in [0.25, 0.3) is 0 Å². The number of halogens is 1. The quantitative estimate of drug-likeness (QED) is 0.825. The van der Waals surface area contributed by atoms with Crippen LogP contribution in [0, 0.1) is 31.0 Å². The first-order chi connectivity index (χ1) is 9.01. The van der Waals surface area contributed by atoms with Crippen LogP contribution in [-0.4, -0.2) is 9.55 Å². The van der Waals surface area contributed by atoms with E-state index in [1.807, 2.05) is 6.07 Å². The molecule has 0 saturated carbocycles. The van der Waals surface area contributed by atoms with Crippen molar-refractivity contribution in [2.75, 3.05) is 0 Å². The van der Waals surface area contributed by atoms with Crippen molar-refractivity contribution in [2.24, 2.45) is 0 Å². The molecule has 19 heavy (non-hydrogen) atoms. The maximum Gasteiger partial charge on any atom is 0.254 e. The van der Waals surface area contributed by atoms with Crippen molar-refractivity contribution in [3.63, 3.8) is 0 Å². The average molecular weight is 257 g/mol. The first-order valence-corrected chi connectivity index (χ1v) is 5.75. The van der Waals surface area contributed by atoms with Crippen molar-refractivity contribution in [1.82, 2.24) is 9.55 Å². The van der Waals surface area contributed by atoms with Crippen molar-refractivity contribution in [1.29, 1.82) is 5.26 Å². The third-order valence-corrected chi connectivity index (χ3v) is 2.84. The molecule has 2 rings (SSSR count). The van der Waals surface area contributed by atoms with E-state index in [0.29, 0.717) is 17.1 Å². The number of nitrogens with zero attached hydrogens (tertiary/aromatic N) is 3. The Morgan fingerprint density at radius 1 is 1.37 bits per heavy atom. The summed E-state index contributed by atoms with van der Waals surface area (Å²) in [5.74, 6) is 0.0414. The third kappa shape index (κ3) is 2.68. The van der Waals surface area contributed by atoms with Crippen LogP contribution in [-0.2, 0) is 6.54 Å². The lowest BCUT2D eigenvalue weighted by molar-refractivity contribution is 0.588. The molecule has 0 aliphatic rings. The van der Waals surface area contributed by atoms with Gasteiger partial charge in [0.05, 0.1) is 18.2 Å². The maximum atomic E-state index is 13.8. The lowest BCUT2D eigenvalue weighted by atomic mass is 10.1. The number of aromatic nitrogens is 2. The molecule has 4 nitrogen and oxygen atoms in total. The van der Waals surface area contributed by atoms with Crippen LogP contribution in [0.5, 0.6) is 0 Å². The molecule has 0 amide bonds. The fourth-order valence-electron chi connectivity index (χ4n) is 1.87. The van der Waals surface area contributed by atoms with Gasteiger partial charge in [-0.1, -0.05) is 6.07 Å². The molecule has 0 unspecified atom stereocenters. The predicted octanol–water partition coefficient (Wildman–Crippen LogP) is 1.92. The molecule has 1 heterocycles. The minimum absolute atomic E-state index is 0.107. The molecule has 1 aromatic heterocycles. The van der Waals surface area contributed by atoms with E-state index in [-0.39, 0.29) is 17.7 Å². The summed E-state index contributed by atoms with van der Waals surface area (Å²) in [6.45, 7) is 3.55. The van der Waals surface area contributed by atoms with Crippen molar-refractivity contribution >= 4 is 0 Å². The maximum absolute atomic E-state index is 13.8. The normalized spacial score (nSPS) is 10.2. The van der Waals surface area contributed by atoms with Gasteiger partial charge < -0.3 is 0 Å². The van der Waals surface area contributed by atoms with Gasteiger partial charge in [-0.05, 0) is 26.0 Å². The minimum atomic E-state index is -0.495. The lowest BCUT2D eigenvalue weighted by Gasteiger charge is -2.10. The zero-order valence-corrected chi connectivity index (χ0v) is 10.6. The van der Waals surface area contributed by atoms with Crippen LogP contribution < -0.4 is 5.56 Å². The molecule has 0 saturated heterocycles. The summed E-state index contributed by atoms with van der Waals surface area (Å²) >= 11 is 0. The molecule has 0 radical (unpaired) electrons. The van der Waals surface area contributed by atoms with Gasteiger partial charge in [-0.3, -0.25) is 9.36 Å². The van der Waals surface area contributed by atoms with E-state index in [1.165, 1.54) is 22.8 Å². The van der Waals surface area contributed by atoms with Gasteiger partial charge in [0.15, 0.2) is 0 Å². The molecule has 0 spiro atoms. The highest BCUT2D eigenvalue weighted by atomic mass is 19.1. The molecule has 0 aliphatic carbocycles. The molecule has 2 aromatic rings. The molecular formula is C14H12FN3O. The Labute approximate surface area is 109 Å². The predicted molar refractivity (Wildman–Crippen MR) is 68.2 cm³/mol. The molecule has 1 aromatic carbocycles. The fourth-order valence-corrected chi connectivity index (χ4v) is 1.87.